The van der Waals surface area contributed by atoms with Crippen LogP contribution in [0.4, 0.5) is 0 Å². The molecular formula is C22H36O7Si. The predicted molar refractivity (Wildman–Crippen MR) is 113 cm³/mol. The Labute approximate surface area is 180 Å². The zero-order chi connectivity index (χ0) is 22.5. The highest BCUT2D eigenvalue weighted by Gasteiger charge is 2.55. The molecule has 2 heterocycles. The number of hydrogen-bond acceptors (Lipinski definition) is 7. The van der Waals surface area contributed by atoms with Crippen LogP contribution in [-0.4, -0.2) is 58.6 Å². The normalized spacial score (nSPS) is 34.4. The lowest BCUT2D eigenvalue weighted by molar-refractivity contribution is -0.165. The molecule has 6 atom stereocenters. The molecule has 0 aromatic carbocycles. The standard InChI is InChI=1S/C22H36O7Si/c1-21(2,3)30(7,8)29-18(15-12-27-22(4,5)28-15)14-10-9-13-11-26-20(24)16(13)17(14)19(23)25-6/h9-10,13-18H,11-12H2,1-8H3/t13?,14?,15-,16?,17?,18-/m0/s1. The lowest BCUT2D eigenvalue weighted by atomic mass is 9.69. The van der Waals surface area contributed by atoms with Crippen molar-refractivity contribution >= 4 is 20.3 Å². The smallest absolute Gasteiger partial charge is 0.310 e. The molecule has 0 N–H and O–H groups in total. The van der Waals surface area contributed by atoms with E-state index >= 15 is 0 Å². The number of cyclic esters (lactones) is 1. The Morgan fingerprint density at radius 1 is 1.23 bits per heavy atom. The lowest BCUT2D eigenvalue weighted by Crippen LogP contribution is -2.54. The van der Waals surface area contributed by atoms with Gasteiger partial charge in [0.1, 0.15) is 6.10 Å². The number of fused-ring (bicyclic) bond motifs is 1. The molecule has 0 amide bonds. The Hall–Kier alpha value is -1.22. The third-order valence-electron chi connectivity index (χ3n) is 7.02. The molecule has 0 aromatic rings. The SMILES string of the molecule is COC(=O)C1C2C(=O)OCC2C=CC1[C@H](O[Si](C)(C)C(C)(C)C)[C@@H]1COC(C)(C)O1. The number of methoxy groups -OCH3 is 1. The fourth-order valence-corrected chi connectivity index (χ4v) is 5.66. The highest BCUT2D eigenvalue weighted by atomic mass is 28.4. The average molecular weight is 441 g/mol. The van der Waals surface area contributed by atoms with Crippen molar-refractivity contribution in [3.63, 3.8) is 0 Å². The van der Waals surface area contributed by atoms with Crippen molar-refractivity contribution in [2.75, 3.05) is 20.3 Å². The summed E-state index contributed by atoms with van der Waals surface area (Å²) in [4.78, 5) is 25.4. The van der Waals surface area contributed by atoms with Crippen LogP contribution in [-0.2, 0) is 33.0 Å². The van der Waals surface area contributed by atoms with E-state index in [0.29, 0.717) is 13.2 Å². The molecule has 3 rings (SSSR count). The van der Waals surface area contributed by atoms with E-state index in [4.69, 9.17) is 23.4 Å². The van der Waals surface area contributed by atoms with Crippen molar-refractivity contribution in [3.05, 3.63) is 12.2 Å². The molecule has 0 aromatic heterocycles. The quantitative estimate of drug-likeness (QED) is 0.369. The first-order valence-electron chi connectivity index (χ1n) is 10.7. The fourth-order valence-electron chi connectivity index (χ4n) is 4.32. The van der Waals surface area contributed by atoms with Crippen LogP contribution in [0.25, 0.3) is 0 Å². The van der Waals surface area contributed by atoms with Gasteiger partial charge in [-0.05, 0) is 32.0 Å². The molecule has 0 bridgehead atoms. The Morgan fingerprint density at radius 2 is 1.90 bits per heavy atom. The zero-order valence-corrected chi connectivity index (χ0v) is 20.4. The first-order chi connectivity index (χ1) is 13.8. The Kier molecular flexibility index (Phi) is 6.28. The summed E-state index contributed by atoms with van der Waals surface area (Å²) in [5, 5.41) is -0.0335. The molecule has 0 radical (unpaired) electrons. The third-order valence-corrected chi connectivity index (χ3v) is 11.5. The molecular weight excluding hydrogens is 404 g/mol. The van der Waals surface area contributed by atoms with Gasteiger partial charge in [-0.1, -0.05) is 32.9 Å². The van der Waals surface area contributed by atoms with Gasteiger partial charge in [0, 0.05) is 11.8 Å². The summed E-state index contributed by atoms with van der Waals surface area (Å²) in [7, 11) is -0.873. The van der Waals surface area contributed by atoms with Gasteiger partial charge < -0.3 is 23.4 Å². The molecule has 1 aliphatic carbocycles. The number of carbonyl (C=O) groups is 2. The van der Waals surface area contributed by atoms with Gasteiger partial charge in [0.2, 0.25) is 0 Å². The van der Waals surface area contributed by atoms with Gasteiger partial charge in [0.25, 0.3) is 0 Å². The van der Waals surface area contributed by atoms with Gasteiger partial charge in [-0.25, -0.2) is 0 Å². The van der Waals surface area contributed by atoms with E-state index in [1.165, 1.54) is 7.11 Å². The second kappa shape index (κ2) is 8.04. The summed E-state index contributed by atoms with van der Waals surface area (Å²) in [5.41, 5.74) is 0. The van der Waals surface area contributed by atoms with E-state index in [1.54, 1.807) is 0 Å². The molecule has 4 unspecified atom stereocenters. The topological polar surface area (TPSA) is 80.3 Å². The van der Waals surface area contributed by atoms with Crippen molar-refractivity contribution < 1.29 is 33.0 Å². The van der Waals surface area contributed by atoms with E-state index < -0.39 is 38.0 Å². The molecule has 2 aliphatic heterocycles. The van der Waals surface area contributed by atoms with Gasteiger partial charge in [0.15, 0.2) is 14.1 Å². The Morgan fingerprint density at radius 3 is 2.43 bits per heavy atom. The maximum absolute atomic E-state index is 12.9. The molecule has 0 spiro atoms. The molecule has 30 heavy (non-hydrogen) atoms. The van der Waals surface area contributed by atoms with Crippen LogP contribution in [0.15, 0.2) is 12.2 Å². The molecule has 8 heteroatoms. The molecule has 0 saturated carbocycles. The molecule has 170 valence electrons. The minimum absolute atomic E-state index is 0.0335. The highest BCUT2D eigenvalue weighted by molar-refractivity contribution is 6.74. The summed E-state index contributed by atoms with van der Waals surface area (Å²) in [6, 6.07) is 0. The highest BCUT2D eigenvalue weighted by Crippen LogP contribution is 2.46. The van der Waals surface area contributed by atoms with Gasteiger partial charge in [0.05, 0.1) is 38.3 Å². The molecule has 2 saturated heterocycles. The maximum atomic E-state index is 12.9. The number of hydrogen-bond donors (Lipinski definition) is 0. The van der Waals surface area contributed by atoms with Crippen LogP contribution < -0.4 is 0 Å². The Bertz CT molecular complexity index is 709. The van der Waals surface area contributed by atoms with Crippen LogP contribution in [0.1, 0.15) is 34.6 Å². The van der Waals surface area contributed by atoms with Gasteiger partial charge >= 0.3 is 11.9 Å². The van der Waals surface area contributed by atoms with E-state index in [1.807, 2.05) is 26.0 Å². The Balaban J connectivity index is 2.01. The largest absolute Gasteiger partial charge is 0.469 e. The van der Waals surface area contributed by atoms with Crippen LogP contribution in [0.3, 0.4) is 0 Å². The number of esters is 2. The maximum Gasteiger partial charge on any atom is 0.310 e. The third kappa shape index (κ3) is 4.37. The van der Waals surface area contributed by atoms with Gasteiger partial charge in [-0.3, -0.25) is 9.59 Å². The number of carbonyl (C=O) groups excluding carboxylic acids is 2. The summed E-state index contributed by atoms with van der Waals surface area (Å²) in [6.45, 7) is 15.3. The van der Waals surface area contributed by atoms with E-state index in [9.17, 15) is 9.59 Å². The van der Waals surface area contributed by atoms with Crippen molar-refractivity contribution in [2.45, 2.75) is 70.7 Å². The fraction of sp³-hybridized carbons (Fsp3) is 0.818. The van der Waals surface area contributed by atoms with Crippen LogP contribution in [0.2, 0.25) is 18.1 Å². The summed E-state index contributed by atoms with van der Waals surface area (Å²) in [5.74, 6) is -3.23. The minimum atomic E-state index is -2.23. The van der Waals surface area contributed by atoms with E-state index in [0.717, 1.165) is 0 Å². The average Bonchev–Trinajstić information content (AvgIpc) is 3.19. The van der Waals surface area contributed by atoms with Crippen molar-refractivity contribution in [1.29, 1.82) is 0 Å². The second-order valence-electron chi connectivity index (χ2n) is 10.5. The van der Waals surface area contributed by atoms with Crippen molar-refractivity contribution in [1.82, 2.24) is 0 Å². The summed E-state index contributed by atoms with van der Waals surface area (Å²) >= 11 is 0. The summed E-state index contributed by atoms with van der Waals surface area (Å²) < 4.78 is 29.3. The van der Waals surface area contributed by atoms with Crippen LogP contribution in [0, 0.1) is 23.7 Å². The van der Waals surface area contributed by atoms with Crippen molar-refractivity contribution in [2.24, 2.45) is 23.7 Å². The van der Waals surface area contributed by atoms with Crippen LogP contribution >= 0.6 is 0 Å². The van der Waals surface area contributed by atoms with Gasteiger partial charge in [-0.2, -0.15) is 0 Å². The summed E-state index contributed by atoms with van der Waals surface area (Å²) in [6.07, 6.45) is 3.19. The van der Waals surface area contributed by atoms with E-state index in [-0.39, 0.29) is 28.9 Å². The number of rotatable bonds is 5. The molecule has 7 nitrogen and oxygen atoms in total. The number of ether oxygens (including phenoxy) is 4. The van der Waals surface area contributed by atoms with Gasteiger partial charge in [-0.15, -0.1) is 0 Å². The van der Waals surface area contributed by atoms with Crippen molar-refractivity contribution in [3.8, 4) is 0 Å². The second-order valence-corrected chi connectivity index (χ2v) is 15.3. The van der Waals surface area contributed by atoms with Crippen LogP contribution in [0.5, 0.6) is 0 Å². The van der Waals surface area contributed by atoms with E-state index in [2.05, 4.69) is 33.9 Å². The predicted octanol–water partition coefficient (Wildman–Crippen LogP) is 3.29. The lowest BCUT2D eigenvalue weighted by Gasteiger charge is -2.45. The molecule has 2 fully saturated rings. The first kappa shape index (κ1) is 23.4. The zero-order valence-electron chi connectivity index (χ0n) is 19.4. The minimum Gasteiger partial charge on any atom is -0.469 e. The monoisotopic (exact) mass is 440 g/mol. The first-order valence-corrected chi connectivity index (χ1v) is 13.6. The molecule has 3 aliphatic rings.